The van der Waals surface area contributed by atoms with Gasteiger partial charge in [0.2, 0.25) is 0 Å². The van der Waals surface area contributed by atoms with Crippen LogP contribution in [0.2, 0.25) is 0 Å². The molecule has 0 radical (unpaired) electrons. The van der Waals surface area contributed by atoms with Crippen molar-refractivity contribution in [1.29, 1.82) is 0 Å². The largest absolute Gasteiger partial charge is 0.465 e. The maximum absolute atomic E-state index is 12.3. The molecular weight excluding hydrogens is 332 g/mol. The van der Waals surface area contributed by atoms with Gasteiger partial charge in [-0.1, -0.05) is 50.3 Å². The molecule has 0 N–H and O–H groups in total. The van der Waals surface area contributed by atoms with Gasteiger partial charge in [0.25, 0.3) is 0 Å². The van der Waals surface area contributed by atoms with Crippen LogP contribution >= 0.6 is 11.3 Å². The molecule has 0 spiro atoms. The number of rotatable bonds is 6. The van der Waals surface area contributed by atoms with Gasteiger partial charge in [0.15, 0.2) is 0 Å². The first-order chi connectivity index (χ1) is 11.9. The fourth-order valence-electron chi connectivity index (χ4n) is 2.21. The Bertz CT molecular complexity index is 774. The topological polar surface area (TPSA) is 42.4 Å². The first kappa shape index (κ1) is 18.9. The number of carbonyl (C=O) groups excluding carboxylic acids is 1. The van der Waals surface area contributed by atoms with Crippen molar-refractivity contribution in [3.05, 3.63) is 57.7 Å². The Morgan fingerprint density at radius 3 is 2.44 bits per heavy atom. The third-order valence-electron chi connectivity index (χ3n) is 3.43. The lowest BCUT2D eigenvalue weighted by Crippen LogP contribution is -2.10. The molecule has 0 fully saturated rings. The molecule has 5 heteroatoms. The van der Waals surface area contributed by atoms with Crippen LogP contribution in [-0.4, -0.2) is 37.1 Å². The van der Waals surface area contributed by atoms with E-state index in [0.29, 0.717) is 11.5 Å². The number of ether oxygens (including phenoxy) is 1. The quantitative estimate of drug-likeness (QED) is 0.564. The van der Waals surface area contributed by atoms with Crippen molar-refractivity contribution in [2.75, 3.05) is 21.2 Å². The number of aromatic nitrogens is 1. The van der Waals surface area contributed by atoms with Gasteiger partial charge in [-0.3, -0.25) is 0 Å². The normalized spacial score (nSPS) is 12.0. The highest BCUT2D eigenvalue weighted by Gasteiger charge is 2.21. The summed E-state index contributed by atoms with van der Waals surface area (Å²) in [5, 5.41) is 0.997. The summed E-state index contributed by atoms with van der Waals surface area (Å²) in [4.78, 5) is 19.7. The zero-order valence-corrected chi connectivity index (χ0v) is 16.1. The number of thiazole rings is 1. The molecule has 1 aromatic carbocycles. The second-order valence-electron chi connectivity index (χ2n) is 6.16. The zero-order chi connectivity index (χ0) is 18.4. The second-order valence-corrected chi connectivity index (χ2v) is 7.19. The van der Waals surface area contributed by atoms with Crippen molar-refractivity contribution in [3.8, 4) is 0 Å². The maximum Gasteiger partial charge on any atom is 0.340 e. The van der Waals surface area contributed by atoms with E-state index in [1.807, 2.05) is 61.5 Å². The van der Waals surface area contributed by atoms with Gasteiger partial charge in [-0.15, -0.1) is 11.3 Å². The summed E-state index contributed by atoms with van der Waals surface area (Å²) in [6.07, 6.45) is 5.75. The fraction of sp³-hybridized carbons (Fsp3) is 0.300. The molecule has 0 amide bonds. The molecule has 0 unspecified atom stereocenters. The van der Waals surface area contributed by atoms with Crippen LogP contribution in [0.15, 0.2) is 36.5 Å². The van der Waals surface area contributed by atoms with Crippen LogP contribution in [0.1, 0.15) is 40.9 Å². The van der Waals surface area contributed by atoms with Gasteiger partial charge in [0.05, 0.1) is 28.3 Å². The Hall–Kier alpha value is -2.40. The highest BCUT2D eigenvalue weighted by Crippen LogP contribution is 2.32. The molecule has 1 heterocycles. The summed E-state index contributed by atoms with van der Waals surface area (Å²) in [5.41, 5.74) is 2.39. The minimum atomic E-state index is -0.359. The Kier molecular flexibility index (Phi) is 6.53. The van der Waals surface area contributed by atoms with Crippen LogP contribution in [0, 0.1) is 0 Å². The minimum absolute atomic E-state index is 0.292. The van der Waals surface area contributed by atoms with E-state index in [0.717, 1.165) is 21.1 Å². The van der Waals surface area contributed by atoms with Crippen LogP contribution in [0.5, 0.6) is 0 Å². The zero-order valence-electron chi connectivity index (χ0n) is 15.3. The molecule has 0 saturated heterocycles. The number of hydrogen-bond donors (Lipinski definition) is 0. The molecule has 0 saturated carbocycles. The van der Waals surface area contributed by atoms with Gasteiger partial charge in [-0.05, 0) is 11.6 Å². The van der Waals surface area contributed by atoms with Crippen molar-refractivity contribution in [3.63, 3.8) is 0 Å². The molecule has 0 atom stereocenters. The van der Waals surface area contributed by atoms with E-state index in [1.54, 1.807) is 6.20 Å². The van der Waals surface area contributed by atoms with Crippen LogP contribution in [0.4, 0.5) is 0 Å². The second kappa shape index (κ2) is 8.62. The summed E-state index contributed by atoms with van der Waals surface area (Å²) in [6, 6.07) is 10.0. The average molecular weight is 356 g/mol. The molecule has 0 bridgehead atoms. The highest BCUT2D eigenvalue weighted by atomic mass is 32.1. The Morgan fingerprint density at radius 1 is 1.20 bits per heavy atom. The first-order valence-corrected chi connectivity index (χ1v) is 8.94. The van der Waals surface area contributed by atoms with Gasteiger partial charge in [-0.25, -0.2) is 9.78 Å². The first-order valence-electron chi connectivity index (χ1n) is 8.13. The Balaban J connectivity index is 2.52. The molecule has 0 aliphatic carbocycles. The number of hydrogen-bond acceptors (Lipinski definition) is 5. The molecule has 2 aromatic rings. The van der Waals surface area contributed by atoms with Crippen LogP contribution in [0.25, 0.3) is 17.7 Å². The SMILES string of the molecule is COC(=O)/C(=C\N(C)C)c1sc(C(C)C)nc1/C=C/c1ccccc1. The van der Waals surface area contributed by atoms with Gasteiger partial charge in [-0.2, -0.15) is 0 Å². The predicted octanol–water partition coefficient (Wildman–Crippen LogP) is 4.51. The van der Waals surface area contributed by atoms with E-state index < -0.39 is 0 Å². The molecule has 1 aromatic heterocycles. The Labute approximate surface area is 153 Å². The molecular formula is C20H24N2O2S. The van der Waals surface area contributed by atoms with Crippen molar-refractivity contribution in [1.82, 2.24) is 9.88 Å². The molecule has 0 aliphatic rings. The van der Waals surface area contributed by atoms with Crippen molar-refractivity contribution < 1.29 is 9.53 Å². The van der Waals surface area contributed by atoms with E-state index in [1.165, 1.54) is 18.4 Å². The number of esters is 1. The number of carbonyl (C=O) groups is 1. The fourth-order valence-corrected chi connectivity index (χ4v) is 3.27. The van der Waals surface area contributed by atoms with Gasteiger partial charge in [0.1, 0.15) is 0 Å². The van der Waals surface area contributed by atoms with E-state index in [4.69, 9.17) is 9.72 Å². The lowest BCUT2D eigenvalue weighted by molar-refractivity contribution is -0.133. The van der Waals surface area contributed by atoms with Crippen molar-refractivity contribution in [2.45, 2.75) is 19.8 Å². The lowest BCUT2D eigenvalue weighted by Gasteiger charge is -2.09. The highest BCUT2D eigenvalue weighted by molar-refractivity contribution is 7.13. The number of benzene rings is 1. The van der Waals surface area contributed by atoms with Crippen molar-refractivity contribution >= 4 is 35.0 Å². The van der Waals surface area contributed by atoms with Gasteiger partial charge >= 0.3 is 5.97 Å². The van der Waals surface area contributed by atoms with E-state index in [2.05, 4.69) is 13.8 Å². The summed E-state index contributed by atoms with van der Waals surface area (Å²) in [5.74, 6) is -0.0668. The molecule has 25 heavy (non-hydrogen) atoms. The maximum atomic E-state index is 12.3. The number of nitrogens with zero attached hydrogens (tertiary/aromatic N) is 2. The summed E-state index contributed by atoms with van der Waals surface area (Å²) in [6.45, 7) is 4.20. The number of methoxy groups -OCH3 is 1. The third-order valence-corrected chi connectivity index (χ3v) is 4.84. The average Bonchev–Trinajstić information content (AvgIpc) is 3.02. The monoisotopic (exact) mass is 356 g/mol. The minimum Gasteiger partial charge on any atom is -0.465 e. The van der Waals surface area contributed by atoms with Gasteiger partial charge < -0.3 is 9.64 Å². The van der Waals surface area contributed by atoms with Crippen molar-refractivity contribution in [2.24, 2.45) is 0 Å². The lowest BCUT2D eigenvalue weighted by atomic mass is 10.1. The standard InChI is InChI=1S/C20H24N2O2S/c1-14(2)19-21-17(12-11-15-9-7-6-8-10-15)18(25-19)16(13-22(3)4)20(23)24-5/h6-14H,1-5H3/b12-11+,16-13-. The summed E-state index contributed by atoms with van der Waals surface area (Å²) >= 11 is 1.54. The Morgan fingerprint density at radius 2 is 1.88 bits per heavy atom. The summed E-state index contributed by atoms with van der Waals surface area (Å²) in [7, 11) is 5.16. The molecule has 0 aliphatic heterocycles. The van der Waals surface area contributed by atoms with Crippen LogP contribution in [-0.2, 0) is 9.53 Å². The summed E-state index contributed by atoms with van der Waals surface area (Å²) < 4.78 is 4.98. The third kappa shape index (κ3) is 5.03. The smallest absolute Gasteiger partial charge is 0.340 e. The molecule has 2 rings (SSSR count). The van der Waals surface area contributed by atoms with E-state index >= 15 is 0 Å². The van der Waals surface area contributed by atoms with Crippen LogP contribution in [0.3, 0.4) is 0 Å². The molecule has 132 valence electrons. The van der Waals surface area contributed by atoms with E-state index in [9.17, 15) is 4.79 Å². The van der Waals surface area contributed by atoms with E-state index in [-0.39, 0.29) is 5.97 Å². The predicted molar refractivity (Wildman–Crippen MR) is 105 cm³/mol. The van der Waals surface area contributed by atoms with Crippen LogP contribution < -0.4 is 0 Å². The van der Waals surface area contributed by atoms with Gasteiger partial charge in [0, 0.05) is 26.2 Å². The molecule has 4 nitrogen and oxygen atoms in total.